The summed E-state index contributed by atoms with van der Waals surface area (Å²) in [5.74, 6) is -0.947. The minimum absolute atomic E-state index is 0.108. The zero-order valence-corrected chi connectivity index (χ0v) is 5.65. The van der Waals surface area contributed by atoms with Gasteiger partial charge in [0, 0.05) is 5.41 Å². The number of aliphatic carboxylic acids is 1. The largest absolute Gasteiger partial charge is 0.481 e. The average Bonchev–Trinajstić information content (AvgIpc) is 1.63. The molecule has 54 valence electrons. The van der Waals surface area contributed by atoms with Gasteiger partial charge in [0.25, 0.3) is 0 Å². The van der Waals surface area contributed by atoms with Gasteiger partial charge in [-0.05, 0) is 0 Å². The third-order valence-electron chi connectivity index (χ3n) is 0.992. The maximum absolute atomic E-state index is 11.9. The standard InChI is InChI=1S/C6H11FO2/c1-6(2,4-7)3-5(8)9/h3-4H2,1-2H3,(H,8,9). The summed E-state index contributed by atoms with van der Waals surface area (Å²) in [6.45, 7) is 2.58. The summed E-state index contributed by atoms with van der Waals surface area (Å²) >= 11 is 0. The van der Waals surface area contributed by atoms with E-state index >= 15 is 0 Å². The van der Waals surface area contributed by atoms with Gasteiger partial charge in [-0.2, -0.15) is 0 Å². The number of halogens is 1. The van der Waals surface area contributed by atoms with Crippen LogP contribution in [0.1, 0.15) is 20.3 Å². The Balaban J connectivity index is 3.71. The van der Waals surface area contributed by atoms with Crippen molar-refractivity contribution in [2.45, 2.75) is 20.3 Å². The van der Waals surface area contributed by atoms with Gasteiger partial charge in [0.05, 0.1) is 13.1 Å². The van der Waals surface area contributed by atoms with Crippen LogP contribution >= 0.6 is 0 Å². The van der Waals surface area contributed by atoms with Gasteiger partial charge in [-0.15, -0.1) is 0 Å². The number of carboxylic acids is 1. The SMILES string of the molecule is CC(C)(CF)CC(=O)O. The van der Waals surface area contributed by atoms with Crippen LogP contribution in [0, 0.1) is 5.41 Å². The molecule has 0 aromatic carbocycles. The Bertz CT molecular complexity index is 110. The Hall–Kier alpha value is -0.600. The second kappa shape index (κ2) is 2.80. The second-order valence-electron chi connectivity index (χ2n) is 2.87. The highest BCUT2D eigenvalue weighted by Crippen LogP contribution is 2.19. The van der Waals surface area contributed by atoms with Gasteiger partial charge in [0.1, 0.15) is 0 Å². The zero-order valence-electron chi connectivity index (χ0n) is 5.65. The van der Waals surface area contributed by atoms with Gasteiger partial charge in [-0.1, -0.05) is 13.8 Å². The molecule has 0 unspecified atom stereocenters. The number of carbonyl (C=O) groups is 1. The lowest BCUT2D eigenvalue weighted by atomic mass is 9.91. The first-order valence-corrected chi connectivity index (χ1v) is 2.76. The van der Waals surface area contributed by atoms with Crippen LogP contribution in [0.3, 0.4) is 0 Å². The maximum atomic E-state index is 11.9. The van der Waals surface area contributed by atoms with Gasteiger partial charge in [-0.25, -0.2) is 0 Å². The maximum Gasteiger partial charge on any atom is 0.303 e. The molecule has 0 saturated carbocycles. The van der Waals surface area contributed by atoms with Crippen molar-refractivity contribution in [2.75, 3.05) is 6.67 Å². The number of hydrogen-bond acceptors (Lipinski definition) is 1. The highest BCUT2D eigenvalue weighted by molar-refractivity contribution is 5.67. The molecule has 0 rings (SSSR count). The molecule has 0 radical (unpaired) electrons. The van der Waals surface area contributed by atoms with Crippen molar-refractivity contribution in [3.8, 4) is 0 Å². The highest BCUT2D eigenvalue weighted by atomic mass is 19.1. The molecule has 0 fully saturated rings. The lowest BCUT2D eigenvalue weighted by Gasteiger charge is -2.16. The van der Waals surface area contributed by atoms with Crippen molar-refractivity contribution in [3.05, 3.63) is 0 Å². The van der Waals surface area contributed by atoms with Gasteiger partial charge in [0.2, 0.25) is 0 Å². The van der Waals surface area contributed by atoms with Crippen LogP contribution in [0.25, 0.3) is 0 Å². The first-order chi connectivity index (χ1) is 3.98. The second-order valence-corrected chi connectivity index (χ2v) is 2.87. The van der Waals surface area contributed by atoms with Crippen LogP contribution in [-0.2, 0) is 4.79 Å². The molecule has 0 heterocycles. The van der Waals surface area contributed by atoms with Gasteiger partial charge < -0.3 is 5.11 Å². The first kappa shape index (κ1) is 8.40. The van der Waals surface area contributed by atoms with E-state index in [0.29, 0.717) is 0 Å². The molecule has 2 nitrogen and oxygen atoms in total. The predicted molar refractivity (Wildman–Crippen MR) is 32.0 cm³/mol. The van der Waals surface area contributed by atoms with E-state index in [1.165, 1.54) is 0 Å². The third-order valence-corrected chi connectivity index (χ3v) is 0.992. The van der Waals surface area contributed by atoms with Crippen molar-refractivity contribution in [1.29, 1.82) is 0 Å². The molecular formula is C6H11FO2. The van der Waals surface area contributed by atoms with E-state index in [0.717, 1.165) is 0 Å². The predicted octanol–water partition coefficient (Wildman–Crippen LogP) is 1.46. The van der Waals surface area contributed by atoms with Crippen LogP contribution in [0.2, 0.25) is 0 Å². The molecule has 0 aliphatic rings. The van der Waals surface area contributed by atoms with Crippen molar-refractivity contribution < 1.29 is 14.3 Å². The van der Waals surface area contributed by atoms with E-state index < -0.39 is 18.1 Å². The summed E-state index contributed by atoms with van der Waals surface area (Å²) in [6, 6.07) is 0. The van der Waals surface area contributed by atoms with Crippen molar-refractivity contribution >= 4 is 5.97 Å². The van der Waals surface area contributed by atoms with Crippen LogP contribution < -0.4 is 0 Å². The van der Waals surface area contributed by atoms with E-state index in [1.54, 1.807) is 13.8 Å². The molecule has 0 saturated heterocycles. The number of hydrogen-bond donors (Lipinski definition) is 1. The number of carboxylic acid groups (broad SMARTS) is 1. The summed E-state index contributed by atoms with van der Waals surface area (Å²) in [7, 11) is 0. The molecule has 0 aromatic rings. The molecule has 0 aliphatic carbocycles. The average molecular weight is 134 g/mol. The molecule has 3 heteroatoms. The topological polar surface area (TPSA) is 37.3 Å². The quantitative estimate of drug-likeness (QED) is 0.634. The molecule has 0 spiro atoms. The number of rotatable bonds is 3. The summed E-state index contributed by atoms with van der Waals surface area (Å²) in [4.78, 5) is 10.0. The van der Waals surface area contributed by atoms with Crippen molar-refractivity contribution in [1.82, 2.24) is 0 Å². The van der Waals surface area contributed by atoms with Crippen LogP contribution in [0.15, 0.2) is 0 Å². The Morgan fingerprint density at radius 3 is 2.22 bits per heavy atom. The molecule has 0 aliphatic heterocycles. The van der Waals surface area contributed by atoms with Crippen molar-refractivity contribution in [3.63, 3.8) is 0 Å². The Morgan fingerprint density at radius 1 is 1.67 bits per heavy atom. The van der Waals surface area contributed by atoms with E-state index in [1.807, 2.05) is 0 Å². The normalized spacial score (nSPS) is 11.4. The molecule has 0 aromatic heterocycles. The molecule has 9 heavy (non-hydrogen) atoms. The lowest BCUT2D eigenvalue weighted by Crippen LogP contribution is -2.18. The molecule has 0 amide bonds. The fraction of sp³-hybridized carbons (Fsp3) is 0.833. The van der Waals surface area contributed by atoms with Crippen LogP contribution in [0.4, 0.5) is 4.39 Å². The molecule has 0 bridgehead atoms. The van der Waals surface area contributed by atoms with Gasteiger partial charge in [0.15, 0.2) is 0 Å². The molecular weight excluding hydrogens is 123 g/mol. The first-order valence-electron chi connectivity index (χ1n) is 2.76. The Labute approximate surface area is 53.7 Å². The summed E-state index contributed by atoms with van der Waals surface area (Å²) < 4.78 is 11.9. The number of alkyl halides is 1. The van der Waals surface area contributed by atoms with E-state index in [2.05, 4.69) is 0 Å². The highest BCUT2D eigenvalue weighted by Gasteiger charge is 2.20. The Kier molecular flexibility index (Phi) is 2.62. The molecule has 1 N–H and O–H groups in total. The monoisotopic (exact) mass is 134 g/mol. The fourth-order valence-corrected chi connectivity index (χ4v) is 0.457. The smallest absolute Gasteiger partial charge is 0.303 e. The summed E-state index contributed by atoms with van der Waals surface area (Å²) in [5.41, 5.74) is -0.703. The van der Waals surface area contributed by atoms with Crippen LogP contribution in [-0.4, -0.2) is 17.8 Å². The van der Waals surface area contributed by atoms with Gasteiger partial charge in [-0.3, -0.25) is 9.18 Å². The minimum atomic E-state index is -0.947. The lowest BCUT2D eigenvalue weighted by molar-refractivity contribution is -0.139. The minimum Gasteiger partial charge on any atom is -0.481 e. The summed E-state index contributed by atoms with van der Waals surface area (Å²) in [6.07, 6.45) is -0.108. The fourth-order valence-electron chi connectivity index (χ4n) is 0.457. The van der Waals surface area contributed by atoms with E-state index in [-0.39, 0.29) is 6.42 Å². The van der Waals surface area contributed by atoms with E-state index in [9.17, 15) is 9.18 Å². The van der Waals surface area contributed by atoms with Gasteiger partial charge >= 0.3 is 5.97 Å². The van der Waals surface area contributed by atoms with E-state index in [4.69, 9.17) is 5.11 Å². The zero-order chi connectivity index (χ0) is 7.49. The summed E-state index contributed by atoms with van der Waals surface area (Å²) in [5, 5.41) is 8.21. The molecule has 0 atom stereocenters. The van der Waals surface area contributed by atoms with Crippen LogP contribution in [0.5, 0.6) is 0 Å². The third kappa shape index (κ3) is 3.94. The Morgan fingerprint density at radius 2 is 2.11 bits per heavy atom. The van der Waals surface area contributed by atoms with Crippen molar-refractivity contribution in [2.24, 2.45) is 5.41 Å².